The van der Waals surface area contributed by atoms with Gasteiger partial charge in [-0.25, -0.2) is 0 Å². The van der Waals surface area contributed by atoms with Crippen LogP contribution in [-0.2, 0) is 6.42 Å². The fourth-order valence-electron chi connectivity index (χ4n) is 1.19. The van der Waals surface area contributed by atoms with E-state index in [0.29, 0.717) is 6.42 Å². The highest BCUT2D eigenvalue weighted by atomic mass is 35.5. The molecule has 0 aromatic heterocycles. The van der Waals surface area contributed by atoms with Gasteiger partial charge in [-0.1, -0.05) is 12.1 Å². The molecule has 7 heteroatoms. The summed E-state index contributed by atoms with van der Waals surface area (Å²) in [6.45, 7) is -0.166. The normalized spacial score (nSPS) is 12.8. The first kappa shape index (κ1) is 16.0. The van der Waals surface area contributed by atoms with Crippen LogP contribution in [0.3, 0.4) is 0 Å². The summed E-state index contributed by atoms with van der Waals surface area (Å²) in [6, 6.07) is 4.99. The van der Waals surface area contributed by atoms with Gasteiger partial charge in [-0.05, 0) is 24.1 Å². The summed E-state index contributed by atoms with van der Waals surface area (Å²) in [5, 5.41) is 8.71. The molecule has 0 fully saturated rings. The third-order valence-electron chi connectivity index (χ3n) is 1.89. The van der Waals surface area contributed by atoms with Crippen LogP contribution < -0.4 is 10.5 Å². The van der Waals surface area contributed by atoms with Gasteiger partial charge in [-0.3, -0.25) is 0 Å². The molecule has 0 aliphatic heterocycles. The van der Waals surface area contributed by atoms with Crippen molar-refractivity contribution in [1.29, 1.82) is 0 Å². The van der Waals surface area contributed by atoms with E-state index in [1.165, 1.54) is 24.3 Å². The van der Waals surface area contributed by atoms with E-state index in [1.807, 2.05) is 0 Å². The maximum Gasteiger partial charge on any atom is 0.573 e. The number of halogens is 4. The van der Waals surface area contributed by atoms with Gasteiger partial charge in [0.15, 0.2) is 0 Å². The molecule has 1 atom stereocenters. The second-order valence-corrected chi connectivity index (χ2v) is 3.34. The number of aliphatic hydroxyl groups excluding tert-OH is 1. The number of nitrogens with two attached hydrogens (primary N) is 1. The van der Waals surface area contributed by atoms with Gasteiger partial charge in [0, 0.05) is 6.04 Å². The largest absolute Gasteiger partial charge is 0.573 e. The van der Waals surface area contributed by atoms with Crippen molar-refractivity contribution in [3.8, 4) is 5.75 Å². The van der Waals surface area contributed by atoms with Gasteiger partial charge in [0.1, 0.15) is 5.75 Å². The molecular formula is C10H13ClF3NO2. The van der Waals surface area contributed by atoms with Gasteiger partial charge >= 0.3 is 6.36 Å². The summed E-state index contributed by atoms with van der Waals surface area (Å²) in [7, 11) is 0. The lowest BCUT2D eigenvalue weighted by Crippen LogP contribution is -2.26. The van der Waals surface area contributed by atoms with Gasteiger partial charge in [-0.15, -0.1) is 25.6 Å². The van der Waals surface area contributed by atoms with E-state index >= 15 is 0 Å². The van der Waals surface area contributed by atoms with E-state index in [2.05, 4.69) is 4.74 Å². The minimum Gasteiger partial charge on any atom is -0.406 e. The zero-order valence-corrected chi connectivity index (χ0v) is 9.59. The van der Waals surface area contributed by atoms with E-state index < -0.39 is 12.4 Å². The molecule has 1 aromatic carbocycles. The summed E-state index contributed by atoms with van der Waals surface area (Å²) >= 11 is 0. The van der Waals surface area contributed by atoms with E-state index in [4.69, 9.17) is 10.8 Å². The Morgan fingerprint density at radius 2 is 1.76 bits per heavy atom. The Morgan fingerprint density at radius 1 is 1.24 bits per heavy atom. The number of aliphatic hydroxyl groups is 1. The van der Waals surface area contributed by atoms with E-state index in [-0.39, 0.29) is 24.8 Å². The third kappa shape index (κ3) is 6.35. The Morgan fingerprint density at radius 3 is 2.18 bits per heavy atom. The van der Waals surface area contributed by atoms with E-state index in [1.54, 1.807) is 0 Å². The first-order chi connectivity index (χ1) is 7.40. The number of alkyl halides is 3. The summed E-state index contributed by atoms with van der Waals surface area (Å²) in [5.74, 6) is -0.270. The van der Waals surface area contributed by atoms with Crippen LogP contribution in [-0.4, -0.2) is 24.1 Å². The highest BCUT2D eigenvalue weighted by Gasteiger charge is 2.30. The lowest BCUT2D eigenvalue weighted by molar-refractivity contribution is -0.274. The van der Waals surface area contributed by atoms with Crippen molar-refractivity contribution in [3.63, 3.8) is 0 Å². The Hall–Kier alpha value is -0.980. The molecule has 17 heavy (non-hydrogen) atoms. The van der Waals surface area contributed by atoms with Crippen LogP contribution in [0.15, 0.2) is 24.3 Å². The molecule has 0 spiro atoms. The van der Waals surface area contributed by atoms with Crippen LogP contribution >= 0.6 is 12.4 Å². The first-order valence-electron chi connectivity index (χ1n) is 4.62. The zero-order chi connectivity index (χ0) is 12.2. The first-order valence-corrected chi connectivity index (χ1v) is 4.62. The minimum absolute atomic E-state index is 0. The smallest absolute Gasteiger partial charge is 0.406 e. The van der Waals surface area contributed by atoms with E-state index in [9.17, 15) is 13.2 Å². The lowest BCUT2D eigenvalue weighted by Gasteiger charge is -2.10. The molecule has 0 aliphatic rings. The average Bonchev–Trinajstić information content (AvgIpc) is 2.18. The highest BCUT2D eigenvalue weighted by molar-refractivity contribution is 5.85. The molecule has 3 N–H and O–H groups in total. The van der Waals surface area contributed by atoms with Crippen molar-refractivity contribution >= 4 is 12.4 Å². The van der Waals surface area contributed by atoms with Crippen LogP contribution in [0.5, 0.6) is 5.75 Å². The van der Waals surface area contributed by atoms with Crippen molar-refractivity contribution < 1.29 is 23.0 Å². The average molecular weight is 272 g/mol. The minimum atomic E-state index is -4.68. The maximum absolute atomic E-state index is 11.8. The molecule has 1 aromatic rings. The Balaban J connectivity index is 0.00000256. The summed E-state index contributed by atoms with van der Waals surface area (Å²) < 4.78 is 39.2. The van der Waals surface area contributed by atoms with Crippen molar-refractivity contribution in [2.75, 3.05) is 6.61 Å². The Bertz CT molecular complexity index is 329. The second kappa shape index (κ2) is 6.68. The van der Waals surface area contributed by atoms with Crippen molar-refractivity contribution in [3.05, 3.63) is 29.8 Å². The number of ether oxygens (including phenoxy) is 1. The monoisotopic (exact) mass is 271 g/mol. The highest BCUT2D eigenvalue weighted by Crippen LogP contribution is 2.22. The molecule has 0 aliphatic carbocycles. The molecule has 0 bridgehead atoms. The van der Waals surface area contributed by atoms with Gasteiger partial charge in [-0.2, -0.15) is 0 Å². The van der Waals surface area contributed by atoms with Crippen molar-refractivity contribution in [2.24, 2.45) is 5.73 Å². The van der Waals surface area contributed by atoms with Gasteiger partial charge in [0.25, 0.3) is 0 Å². The predicted molar refractivity (Wildman–Crippen MR) is 59.1 cm³/mol. The topological polar surface area (TPSA) is 55.5 Å². The number of rotatable bonds is 4. The Labute approximate surface area is 103 Å². The summed E-state index contributed by atoms with van der Waals surface area (Å²) in [4.78, 5) is 0. The van der Waals surface area contributed by atoms with Crippen LogP contribution in [0.1, 0.15) is 5.56 Å². The molecule has 1 unspecified atom stereocenters. The fourth-order valence-corrected chi connectivity index (χ4v) is 1.19. The van der Waals surface area contributed by atoms with E-state index in [0.717, 1.165) is 5.56 Å². The molecule has 3 nitrogen and oxygen atoms in total. The molecular weight excluding hydrogens is 259 g/mol. The standard InChI is InChI=1S/C10H12F3NO2.ClH/c11-10(12,13)16-9-3-1-7(2-4-9)5-8(14)6-15;/h1-4,8,15H,5-6,14H2;1H. The second-order valence-electron chi connectivity index (χ2n) is 3.34. The van der Waals surface area contributed by atoms with Gasteiger partial charge in [0.05, 0.1) is 6.61 Å². The molecule has 98 valence electrons. The molecule has 1 rings (SSSR count). The SMILES string of the molecule is Cl.NC(CO)Cc1ccc(OC(F)(F)F)cc1. The maximum atomic E-state index is 11.8. The molecule has 0 saturated carbocycles. The lowest BCUT2D eigenvalue weighted by atomic mass is 10.1. The fraction of sp³-hybridized carbons (Fsp3) is 0.400. The predicted octanol–water partition coefficient (Wildman–Crippen LogP) is 1.87. The van der Waals surface area contributed by atoms with Crippen LogP contribution in [0.25, 0.3) is 0 Å². The van der Waals surface area contributed by atoms with Gasteiger partial charge in [0.2, 0.25) is 0 Å². The van der Waals surface area contributed by atoms with Crippen LogP contribution in [0, 0.1) is 0 Å². The van der Waals surface area contributed by atoms with Crippen molar-refractivity contribution in [2.45, 2.75) is 18.8 Å². The van der Waals surface area contributed by atoms with Crippen molar-refractivity contribution in [1.82, 2.24) is 0 Å². The number of benzene rings is 1. The third-order valence-corrected chi connectivity index (χ3v) is 1.89. The molecule has 0 heterocycles. The molecule has 0 radical (unpaired) electrons. The quantitative estimate of drug-likeness (QED) is 0.879. The number of hydrogen-bond acceptors (Lipinski definition) is 3. The molecule has 0 amide bonds. The van der Waals surface area contributed by atoms with Crippen LogP contribution in [0.4, 0.5) is 13.2 Å². The number of hydrogen-bond donors (Lipinski definition) is 2. The zero-order valence-electron chi connectivity index (χ0n) is 8.78. The Kier molecular flexibility index (Phi) is 6.30. The summed E-state index contributed by atoms with van der Waals surface area (Å²) in [5.41, 5.74) is 6.23. The van der Waals surface area contributed by atoms with Crippen LogP contribution in [0.2, 0.25) is 0 Å². The molecule has 0 saturated heterocycles. The van der Waals surface area contributed by atoms with Gasteiger partial charge < -0.3 is 15.6 Å². The summed E-state index contributed by atoms with van der Waals surface area (Å²) in [6.07, 6.45) is -4.27.